The smallest absolute Gasteiger partial charge is 0.309 e. The van der Waals surface area contributed by atoms with Crippen molar-refractivity contribution in [3.8, 4) is 0 Å². The van der Waals surface area contributed by atoms with Gasteiger partial charge in [-0.3, -0.25) is 4.79 Å². The summed E-state index contributed by atoms with van der Waals surface area (Å²) in [5.41, 5.74) is 5.43. The molecule has 0 fully saturated rings. The molecule has 0 amide bonds. The van der Waals surface area contributed by atoms with Crippen molar-refractivity contribution < 1.29 is 9.53 Å². The molecule has 2 atom stereocenters. The summed E-state index contributed by atoms with van der Waals surface area (Å²) in [6.45, 7) is 4.56. The number of thioether (sulfide) groups is 1. The second-order valence-corrected chi connectivity index (χ2v) is 4.28. The van der Waals surface area contributed by atoms with Gasteiger partial charge in [0.1, 0.15) is 0 Å². The summed E-state index contributed by atoms with van der Waals surface area (Å²) in [5.74, 6) is 0.603. The van der Waals surface area contributed by atoms with Crippen molar-refractivity contribution in [3.63, 3.8) is 0 Å². The number of methoxy groups -OCH3 is 1. The fraction of sp³-hybridized carbons (Fsp3) is 0.875. The summed E-state index contributed by atoms with van der Waals surface area (Å²) < 4.78 is 4.59. The number of hydrogen-bond acceptors (Lipinski definition) is 4. The lowest BCUT2D eigenvalue weighted by Crippen LogP contribution is -2.19. The third-order valence-electron chi connectivity index (χ3n) is 1.57. The van der Waals surface area contributed by atoms with Crippen LogP contribution in [0.2, 0.25) is 0 Å². The van der Waals surface area contributed by atoms with Gasteiger partial charge in [-0.1, -0.05) is 13.8 Å². The van der Waals surface area contributed by atoms with E-state index in [1.54, 1.807) is 11.8 Å². The van der Waals surface area contributed by atoms with E-state index in [-0.39, 0.29) is 11.9 Å². The monoisotopic (exact) mass is 191 g/mol. The predicted molar refractivity (Wildman–Crippen MR) is 52.2 cm³/mol. The van der Waals surface area contributed by atoms with E-state index >= 15 is 0 Å². The maximum Gasteiger partial charge on any atom is 0.309 e. The van der Waals surface area contributed by atoms with Gasteiger partial charge in [-0.25, -0.2) is 0 Å². The molecule has 0 rings (SSSR count). The summed E-state index contributed by atoms with van der Waals surface area (Å²) in [5, 5.41) is 0.414. The molecule has 0 aliphatic rings. The fourth-order valence-corrected chi connectivity index (χ4v) is 1.54. The zero-order chi connectivity index (χ0) is 9.56. The van der Waals surface area contributed by atoms with E-state index in [0.717, 1.165) is 5.75 Å². The Bertz CT molecular complexity index is 141. The molecule has 0 saturated carbocycles. The maximum absolute atomic E-state index is 10.9. The Morgan fingerprint density at radius 2 is 2.17 bits per heavy atom. The average molecular weight is 191 g/mol. The zero-order valence-corrected chi connectivity index (χ0v) is 8.69. The summed E-state index contributed by atoms with van der Waals surface area (Å²) in [6.07, 6.45) is 0. The van der Waals surface area contributed by atoms with Crippen LogP contribution in [0.3, 0.4) is 0 Å². The van der Waals surface area contributed by atoms with Crippen LogP contribution in [0.5, 0.6) is 0 Å². The minimum atomic E-state index is -0.147. The molecule has 0 bridgehead atoms. The lowest BCUT2D eigenvalue weighted by molar-refractivity contribution is -0.143. The summed E-state index contributed by atoms with van der Waals surface area (Å²) in [6, 6.07) is 0. The third kappa shape index (κ3) is 4.62. The van der Waals surface area contributed by atoms with Crippen LogP contribution in [0.25, 0.3) is 0 Å². The van der Waals surface area contributed by atoms with Crippen LogP contribution in [0.15, 0.2) is 0 Å². The van der Waals surface area contributed by atoms with Crippen LogP contribution in [0, 0.1) is 5.92 Å². The van der Waals surface area contributed by atoms with E-state index in [1.165, 1.54) is 7.11 Å². The number of rotatable bonds is 5. The van der Waals surface area contributed by atoms with Crippen molar-refractivity contribution in [1.29, 1.82) is 0 Å². The summed E-state index contributed by atoms with van der Waals surface area (Å²) >= 11 is 1.70. The highest BCUT2D eigenvalue weighted by Crippen LogP contribution is 2.14. The van der Waals surface area contributed by atoms with Crippen LogP contribution in [-0.4, -0.2) is 30.6 Å². The Kier molecular flexibility index (Phi) is 6.20. The molecule has 3 nitrogen and oxygen atoms in total. The molecular formula is C8H17NO2S. The van der Waals surface area contributed by atoms with Crippen LogP contribution < -0.4 is 5.73 Å². The molecule has 4 heteroatoms. The van der Waals surface area contributed by atoms with E-state index < -0.39 is 0 Å². The molecule has 2 N–H and O–H groups in total. The Hall–Kier alpha value is -0.220. The van der Waals surface area contributed by atoms with E-state index in [0.29, 0.717) is 11.8 Å². The van der Waals surface area contributed by atoms with Crippen LogP contribution in [0.4, 0.5) is 0 Å². The molecule has 0 aliphatic heterocycles. The number of carbonyl (C=O) groups excluding carboxylic acids is 1. The van der Waals surface area contributed by atoms with Gasteiger partial charge < -0.3 is 10.5 Å². The molecule has 2 unspecified atom stereocenters. The lowest BCUT2D eigenvalue weighted by atomic mass is 10.2. The molecule has 0 heterocycles. The quantitative estimate of drug-likeness (QED) is 0.655. The third-order valence-corrected chi connectivity index (χ3v) is 3.02. The number of hydrogen-bond donors (Lipinski definition) is 1. The highest BCUT2D eigenvalue weighted by molar-refractivity contribution is 7.99. The molecule has 0 saturated heterocycles. The molecule has 12 heavy (non-hydrogen) atoms. The predicted octanol–water partition coefficient (Wildman–Crippen LogP) is 0.876. The van der Waals surface area contributed by atoms with Crippen LogP contribution in [0.1, 0.15) is 13.8 Å². The molecule has 0 aromatic rings. The van der Waals surface area contributed by atoms with Crippen LogP contribution in [-0.2, 0) is 9.53 Å². The Morgan fingerprint density at radius 1 is 1.58 bits per heavy atom. The molecule has 0 aliphatic carbocycles. The Labute approximate surface area is 78.0 Å². The normalized spacial score (nSPS) is 15.3. The van der Waals surface area contributed by atoms with Crippen molar-refractivity contribution >= 4 is 17.7 Å². The van der Waals surface area contributed by atoms with E-state index in [9.17, 15) is 4.79 Å². The van der Waals surface area contributed by atoms with Crippen molar-refractivity contribution in [2.75, 3.05) is 19.4 Å². The maximum atomic E-state index is 10.9. The average Bonchev–Trinajstić information content (AvgIpc) is 2.11. The van der Waals surface area contributed by atoms with E-state index in [2.05, 4.69) is 11.7 Å². The lowest BCUT2D eigenvalue weighted by Gasteiger charge is -2.11. The second-order valence-electron chi connectivity index (χ2n) is 2.80. The Balaban J connectivity index is 3.56. The molecule has 0 aromatic carbocycles. The van der Waals surface area contributed by atoms with E-state index in [4.69, 9.17) is 5.73 Å². The van der Waals surface area contributed by atoms with Gasteiger partial charge >= 0.3 is 5.97 Å². The molecule has 0 aromatic heterocycles. The highest BCUT2D eigenvalue weighted by atomic mass is 32.2. The highest BCUT2D eigenvalue weighted by Gasteiger charge is 2.13. The number of esters is 1. The van der Waals surface area contributed by atoms with Gasteiger partial charge in [0.05, 0.1) is 13.0 Å². The molecular weight excluding hydrogens is 174 g/mol. The zero-order valence-electron chi connectivity index (χ0n) is 7.87. The van der Waals surface area contributed by atoms with Crippen molar-refractivity contribution in [1.82, 2.24) is 0 Å². The molecule has 72 valence electrons. The van der Waals surface area contributed by atoms with Gasteiger partial charge in [0.15, 0.2) is 0 Å². The largest absolute Gasteiger partial charge is 0.469 e. The van der Waals surface area contributed by atoms with Gasteiger partial charge in [-0.15, -0.1) is 0 Å². The minimum absolute atomic E-state index is 0.0333. The summed E-state index contributed by atoms with van der Waals surface area (Å²) in [4.78, 5) is 10.9. The number of carbonyl (C=O) groups is 1. The first-order valence-electron chi connectivity index (χ1n) is 4.01. The van der Waals surface area contributed by atoms with Crippen molar-refractivity contribution in [2.24, 2.45) is 11.7 Å². The van der Waals surface area contributed by atoms with Crippen LogP contribution >= 0.6 is 11.8 Å². The minimum Gasteiger partial charge on any atom is -0.469 e. The topological polar surface area (TPSA) is 52.3 Å². The van der Waals surface area contributed by atoms with Crippen molar-refractivity contribution in [2.45, 2.75) is 19.1 Å². The van der Waals surface area contributed by atoms with Gasteiger partial charge in [-0.05, 0) is 0 Å². The molecule has 0 spiro atoms. The number of nitrogens with two attached hydrogens (primary N) is 1. The number of ether oxygens (including phenoxy) is 1. The van der Waals surface area contributed by atoms with Gasteiger partial charge in [0.25, 0.3) is 0 Å². The Morgan fingerprint density at radius 3 is 2.58 bits per heavy atom. The standard InChI is InChI=1S/C8H17NO2S/c1-6(8(10)11-3)5-12-7(2)4-9/h6-7H,4-5,9H2,1-3H3. The first-order valence-corrected chi connectivity index (χ1v) is 5.06. The first-order chi connectivity index (χ1) is 5.61. The van der Waals surface area contributed by atoms with Gasteiger partial charge in [0, 0.05) is 17.5 Å². The van der Waals surface area contributed by atoms with Gasteiger partial charge in [0.2, 0.25) is 0 Å². The van der Waals surface area contributed by atoms with Gasteiger partial charge in [-0.2, -0.15) is 11.8 Å². The molecule has 0 radical (unpaired) electrons. The second kappa shape index (κ2) is 6.31. The van der Waals surface area contributed by atoms with E-state index in [1.807, 2.05) is 6.92 Å². The summed E-state index contributed by atoms with van der Waals surface area (Å²) in [7, 11) is 1.41. The fourth-order valence-electron chi connectivity index (χ4n) is 0.646. The van der Waals surface area contributed by atoms with Crippen molar-refractivity contribution in [3.05, 3.63) is 0 Å². The first kappa shape index (κ1) is 11.8. The SMILES string of the molecule is COC(=O)C(C)CSC(C)CN.